The molecule has 0 aliphatic carbocycles. The molecule has 1 amide bonds. The Bertz CT molecular complexity index is 1530. The zero-order valence-electron chi connectivity index (χ0n) is 22.0. The molecule has 4 heterocycles. The molecule has 0 bridgehead atoms. The zero-order chi connectivity index (χ0) is 27.1. The number of fused-ring (bicyclic) bond motifs is 1. The molecule has 1 atom stereocenters. The first-order valence-electron chi connectivity index (χ1n) is 12.6. The van der Waals surface area contributed by atoms with E-state index in [0.29, 0.717) is 35.8 Å². The minimum absolute atomic E-state index is 0.0381. The van der Waals surface area contributed by atoms with Crippen LogP contribution in [0.2, 0.25) is 0 Å². The number of carbonyl (C=O) groups is 1. The standard InChI is InChI=1S/C27H30F2N8O/c1-14(2)37-16(4)33-26-19(28)10-17(11-22(26)37)25-20(29)13-31-27(35-25)34-23-7-6-21(15(3)32-23)36-9-8-18(30-5)12-24(36)38/h6-7,10-11,13-14,18,30H,8-9,12H2,1-5H3,(H,31,32,34,35). The fraction of sp³-hybridized carbons (Fsp3) is 0.370. The number of benzene rings is 1. The smallest absolute Gasteiger partial charge is 0.229 e. The average Bonchev–Trinajstić information content (AvgIpc) is 3.22. The molecule has 4 aromatic rings. The van der Waals surface area contributed by atoms with E-state index in [2.05, 4.69) is 30.6 Å². The second-order valence-corrected chi connectivity index (χ2v) is 9.79. The molecule has 1 saturated heterocycles. The molecule has 1 aromatic carbocycles. The summed E-state index contributed by atoms with van der Waals surface area (Å²) in [5.41, 5.74) is 2.46. The molecule has 1 unspecified atom stereocenters. The van der Waals surface area contributed by atoms with Gasteiger partial charge < -0.3 is 20.1 Å². The van der Waals surface area contributed by atoms with Crippen molar-refractivity contribution in [2.75, 3.05) is 23.8 Å². The van der Waals surface area contributed by atoms with Crippen LogP contribution in [0.3, 0.4) is 0 Å². The van der Waals surface area contributed by atoms with Gasteiger partial charge in [0.1, 0.15) is 22.9 Å². The van der Waals surface area contributed by atoms with Crippen molar-refractivity contribution in [3.8, 4) is 11.3 Å². The van der Waals surface area contributed by atoms with Crippen LogP contribution in [0.4, 0.5) is 26.2 Å². The predicted molar refractivity (Wildman–Crippen MR) is 142 cm³/mol. The molecule has 3 aromatic heterocycles. The van der Waals surface area contributed by atoms with Crippen molar-refractivity contribution in [3.05, 3.63) is 53.6 Å². The molecule has 11 heteroatoms. The normalized spacial score (nSPS) is 16.1. The fourth-order valence-corrected chi connectivity index (χ4v) is 5.04. The monoisotopic (exact) mass is 520 g/mol. The molecule has 1 aliphatic rings. The van der Waals surface area contributed by atoms with E-state index in [1.165, 1.54) is 6.07 Å². The molecule has 0 radical (unpaired) electrons. The highest BCUT2D eigenvalue weighted by Crippen LogP contribution is 2.31. The number of carbonyl (C=O) groups excluding carboxylic acids is 1. The Morgan fingerprint density at radius 3 is 2.55 bits per heavy atom. The van der Waals surface area contributed by atoms with Gasteiger partial charge in [-0.3, -0.25) is 4.79 Å². The van der Waals surface area contributed by atoms with Crippen LogP contribution >= 0.6 is 0 Å². The summed E-state index contributed by atoms with van der Waals surface area (Å²) < 4.78 is 31.7. The highest BCUT2D eigenvalue weighted by molar-refractivity contribution is 5.95. The highest BCUT2D eigenvalue weighted by atomic mass is 19.1. The zero-order valence-corrected chi connectivity index (χ0v) is 22.0. The molecule has 9 nitrogen and oxygen atoms in total. The molecule has 1 fully saturated rings. The third kappa shape index (κ3) is 4.69. The predicted octanol–water partition coefficient (Wildman–Crippen LogP) is 4.82. The van der Waals surface area contributed by atoms with Crippen molar-refractivity contribution in [1.29, 1.82) is 0 Å². The number of nitrogens with one attached hydrogen (secondary N) is 2. The van der Waals surface area contributed by atoms with Gasteiger partial charge in [-0.05, 0) is 65.4 Å². The van der Waals surface area contributed by atoms with Crippen LogP contribution in [0.15, 0.2) is 30.5 Å². The lowest BCUT2D eigenvalue weighted by Gasteiger charge is -2.32. The second-order valence-electron chi connectivity index (χ2n) is 9.79. The fourth-order valence-electron chi connectivity index (χ4n) is 5.04. The number of aryl methyl sites for hydroxylation is 2. The Kier molecular flexibility index (Phi) is 6.78. The molecular weight excluding hydrogens is 490 g/mol. The van der Waals surface area contributed by atoms with Gasteiger partial charge in [0.2, 0.25) is 11.9 Å². The highest BCUT2D eigenvalue weighted by Gasteiger charge is 2.27. The lowest BCUT2D eigenvalue weighted by atomic mass is 10.0. The van der Waals surface area contributed by atoms with Gasteiger partial charge in [-0.1, -0.05) is 0 Å². The van der Waals surface area contributed by atoms with Gasteiger partial charge in [-0.15, -0.1) is 0 Å². The Morgan fingerprint density at radius 1 is 1.08 bits per heavy atom. The lowest BCUT2D eigenvalue weighted by molar-refractivity contribution is -0.120. The average molecular weight is 521 g/mol. The largest absolute Gasteiger partial charge is 0.326 e. The van der Waals surface area contributed by atoms with E-state index in [4.69, 9.17) is 0 Å². The Balaban J connectivity index is 1.43. The van der Waals surface area contributed by atoms with Crippen molar-refractivity contribution in [3.63, 3.8) is 0 Å². The number of halogens is 2. The second kappa shape index (κ2) is 10.1. The number of hydrogen-bond acceptors (Lipinski definition) is 7. The third-order valence-corrected chi connectivity index (χ3v) is 6.88. The molecule has 198 valence electrons. The van der Waals surface area contributed by atoms with Crippen LogP contribution in [0.1, 0.15) is 44.2 Å². The van der Waals surface area contributed by atoms with Crippen LogP contribution in [0.5, 0.6) is 0 Å². The van der Waals surface area contributed by atoms with Gasteiger partial charge in [-0.2, -0.15) is 0 Å². The minimum atomic E-state index is -0.676. The number of amides is 1. The van der Waals surface area contributed by atoms with E-state index in [-0.39, 0.29) is 40.7 Å². The van der Waals surface area contributed by atoms with E-state index in [9.17, 15) is 13.6 Å². The molecule has 2 N–H and O–H groups in total. The van der Waals surface area contributed by atoms with Gasteiger partial charge in [0.25, 0.3) is 0 Å². The van der Waals surface area contributed by atoms with E-state index in [0.717, 1.165) is 18.3 Å². The van der Waals surface area contributed by atoms with Gasteiger partial charge >= 0.3 is 0 Å². The topological polar surface area (TPSA) is 101 Å². The van der Waals surface area contributed by atoms with E-state index in [1.807, 2.05) is 45.4 Å². The quantitative estimate of drug-likeness (QED) is 0.376. The molecular formula is C27H30F2N8O. The number of hydrogen-bond donors (Lipinski definition) is 2. The van der Waals surface area contributed by atoms with Crippen LogP contribution in [0, 0.1) is 25.5 Å². The molecule has 5 rings (SSSR count). The summed E-state index contributed by atoms with van der Waals surface area (Å²) in [7, 11) is 1.86. The van der Waals surface area contributed by atoms with Crippen molar-refractivity contribution < 1.29 is 13.6 Å². The summed E-state index contributed by atoms with van der Waals surface area (Å²) in [6, 6.07) is 6.71. The van der Waals surface area contributed by atoms with Crippen LogP contribution in [0.25, 0.3) is 22.3 Å². The number of pyridine rings is 1. The van der Waals surface area contributed by atoms with E-state index < -0.39 is 11.6 Å². The number of imidazole rings is 1. The van der Waals surface area contributed by atoms with Crippen molar-refractivity contribution in [2.24, 2.45) is 0 Å². The summed E-state index contributed by atoms with van der Waals surface area (Å²) in [4.78, 5) is 31.7. The number of aromatic nitrogens is 5. The summed E-state index contributed by atoms with van der Waals surface area (Å²) in [5.74, 6) is 0.0521. The maximum Gasteiger partial charge on any atom is 0.229 e. The summed E-state index contributed by atoms with van der Waals surface area (Å²) in [5, 5.41) is 6.16. The molecule has 0 spiro atoms. The summed E-state index contributed by atoms with van der Waals surface area (Å²) in [6.45, 7) is 8.21. The van der Waals surface area contributed by atoms with Crippen molar-refractivity contribution in [1.82, 2.24) is 29.8 Å². The summed E-state index contributed by atoms with van der Waals surface area (Å²) >= 11 is 0. The minimum Gasteiger partial charge on any atom is -0.326 e. The van der Waals surface area contributed by atoms with Crippen molar-refractivity contribution >= 4 is 34.4 Å². The van der Waals surface area contributed by atoms with Gasteiger partial charge in [0, 0.05) is 30.6 Å². The first kappa shape index (κ1) is 25.7. The third-order valence-electron chi connectivity index (χ3n) is 6.88. The van der Waals surface area contributed by atoms with Gasteiger partial charge in [-0.25, -0.2) is 28.7 Å². The first-order chi connectivity index (χ1) is 18.2. The van der Waals surface area contributed by atoms with E-state index in [1.54, 1.807) is 17.0 Å². The maximum atomic E-state index is 15.0. The number of anilines is 3. The van der Waals surface area contributed by atoms with Crippen LogP contribution < -0.4 is 15.5 Å². The maximum absolute atomic E-state index is 15.0. The molecule has 0 saturated carbocycles. The Morgan fingerprint density at radius 2 is 1.87 bits per heavy atom. The lowest BCUT2D eigenvalue weighted by Crippen LogP contribution is -2.45. The molecule has 38 heavy (non-hydrogen) atoms. The van der Waals surface area contributed by atoms with Gasteiger partial charge in [0.05, 0.1) is 23.1 Å². The number of piperidine rings is 1. The number of nitrogens with zero attached hydrogens (tertiary/aromatic N) is 6. The summed E-state index contributed by atoms with van der Waals surface area (Å²) in [6.07, 6.45) is 2.34. The number of rotatable bonds is 6. The Hall–Kier alpha value is -3.99. The first-order valence-corrected chi connectivity index (χ1v) is 12.6. The van der Waals surface area contributed by atoms with Crippen molar-refractivity contribution in [2.45, 2.75) is 52.6 Å². The van der Waals surface area contributed by atoms with Gasteiger partial charge in [0.15, 0.2) is 11.6 Å². The van der Waals surface area contributed by atoms with Crippen LogP contribution in [-0.4, -0.2) is 50.0 Å². The Labute approximate surface area is 219 Å². The van der Waals surface area contributed by atoms with E-state index >= 15 is 0 Å². The van der Waals surface area contributed by atoms with Crippen LogP contribution in [-0.2, 0) is 4.79 Å². The molecule has 1 aliphatic heterocycles. The SMILES string of the molecule is CNC1CCN(c2ccc(Nc3ncc(F)c(-c4cc(F)c5nc(C)n(C(C)C)c5c4)n3)nc2C)C(=O)C1.